The summed E-state index contributed by atoms with van der Waals surface area (Å²) in [4.78, 5) is 6.51. The fraction of sp³-hybridized carbons (Fsp3) is 0.667. The SMILES string of the molecule is CCN(CCO)Cc1nc(CCl)cs1. The van der Waals surface area contributed by atoms with E-state index in [-0.39, 0.29) is 6.61 Å². The van der Waals surface area contributed by atoms with Crippen LogP contribution < -0.4 is 0 Å². The molecular formula is C9H15ClN2OS. The minimum Gasteiger partial charge on any atom is -0.395 e. The van der Waals surface area contributed by atoms with Gasteiger partial charge < -0.3 is 5.11 Å². The highest BCUT2D eigenvalue weighted by Gasteiger charge is 2.06. The Morgan fingerprint density at radius 1 is 1.64 bits per heavy atom. The lowest BCUT2D eigenvalue weighted by atomic mass is 10.4. The van der Waals surface area contributed by atoms with Crippen molar-refractivity contribution in [2.24, 2.45) is 0 Å². The first-order chi connectivity index (χ1) is 6.80. The highest BCUT2D eigenvalue weighted by atomic mass is 35.5. The van der Waals surface area contributed by atoms with Gasteiger partial charge in [0.1, 0.15) is 5.01 Å². The Hall–Kier alpha value is -0.160. The molecular weight excluding hydrogens is 220 g/mol. The van der Waals surface area contributed by atoms with Gasteiger partial charge in [-0.3, -0.25) is 4.90 Å². The molecule has 0 saturated heterocycles. The van der Waals surface area contributed by atoms with Crippen LogP contribution in [0.15, 0.2) is 5.38 Å². The van der Waals surface area contributed by atoms with Crippen LogP contribution in [0.3, 0.4) is 0 Å². The lowest BCUT2D eigenvalue weighted by Crippen LogP contribution is -2.25. The standard InChI is InChI=1S/C9H15ClN2OS/c1-2-12(3-4-13)6-9-11-8(5-10)7-14-9/h7,13H,2-6H2,1H3. The van der Waals surface area contributed by atoms with E-state index in [1.54, 1.807) is 11.3 Å². The van der Waals surface area contributed by atoms with Crippen LogP contribution in [0.4, 0.5) is 0 Å². The van der Waals surface area contributed by atoms with E-state index in [2.05, 4.69) is 16.8 Å². The second-order valence-electron chi connectivity index (χ2n) is 2.96. The minimum absolute atomic E-state index is 0.196. The van der Waals surface area contributed by atoms with Gasteiger partial charge in [0.15, 0.2) is 0 Å². The molecule has 0 spiro atoms. The number of thiazole rings is 1. The molecule has 3 nitrogen and oxygen atoms in total. The summed E-state index contributed by atoms with van der Waals surface area (Å²) in [6.07, 6.45) is 0. The highest BCUT2D eigenvalue weighted by Crippen LogP contribution is 2.13. The molecule has 1 aromatic heterocycles. The van der Waals surface area contributed by atoms with Gasteiger partial charge in [-0.2, -0.15) is 0 Å². The van der Waals surface area contributed by atoms with Gasteiger partial charge in [-0.1, -0.05) is 6.92 Å². The molecule has 0 aliphatic carbocycles. The van der Waals surface area contributed by atoms with Crippen LogP contribution in [-0.2, 0) is 12.4 Å². The van der Waals surface area contributed by atoms with Crippen molar-refractivity contribution in [3.63, 3.8) is 0 Å². The molecule has 0 atom stereocenters. The summed E-state index contributed by atoms with van der Waals surface area (Å²) >= 11 is 7.29. The van der Waals surface area contributed by atoms with Gasteiger partial charge in [-0.25, -0.2) is 4.98 Å². The molecule has 0 aromatic carbocycles. The topological polar surface area (TPSA) is 36.4 Å². The van der Waals surface area contributed by atoms with E-state index in [4.69, 9.17) is 16.7 Å². The van der Waals surface area contributed by atoms with Gasteiger partial charge in [0.05, 0.1) is 24.7 Å². The number of likely N-dealkylation sites (N-methyl/N-ethyl adjacent to an activating group) is 1. The van der Waals surface area contributed by atoms with Crippen LogP contribution in [0.2, 0.25) is 0 Å². The first kappa shape index (κ1) is 11.9. The van der Waals surface area contributed by atoms with Crippen molar-refractivity contribution >= 4 is 22.9 Å². The minimum atomic E-state index is 0.196. The van der Waals surface area contributed by atoms with Crippen LogP contribution in [0, 0.1) is 0 Å². The first-order valence-electron chi connectivity index (χ1n) is 4.62. The van der Waals surface area contributed by atoms with Crippen molar-refractivity contribution in [2.45, 2.75) is 19.3 Å². The van der Waals surface area contributed by atoms with Gasteiger partial charge in [0, 0.05) is 11.9 Å². The Bertz CT molecular complexity index is 267. The van der Waals surface area contributed by atoms with Gasteiger partial charge in [-0.05, 0) is 6.54 Å². The van der Waals surface area contributed by atoms with Crippen LogP contribution in [-0.4, -0.2) is 34.7 Å². The van der Waals surface area contributed by atoms with Crippen LogP contribution >= 0.6 is 22.9 Å². The molecule has 1 aromatic rings. The molecule has 80 valence electrons. The van der Waals surface area contributed by atoms with E-state index in [0.29, 0.717) is 12.4 Å². The van der Waals surface area contributed by atoms with Crippen LogP contribution in [0.25, 0.3) is 0 Å². The maximum absolute atomic E-state index is 8.82. The molecule has 1 heterocycles. The first-order valence-corrected chi connectivity index (χ1v) is 6.04. The lowest BCUT2D eigenvalue weighted by molar-refractivity contribution is 0.196. The number of hydrogen-bond donors (Lipinski definition) is 1. The van der Waals surface area contributed by atoms with Gasteiger partial charge >= 0.3 is 0 Å². The summed E-state index contributed by atoms with van der Waals surface area (Å²) in [5.74, 6) is 0.475. The van der Waals surface area contributed by atoms with Crippen LogP contribution in [0.1, 0.15) is 17.6 Å². The lowest BCUT2D eigenvalue weighted by Gasteiger charge is -2.16. The molecule has 0 unspecified atom stereocenters. The molecule has 1 rings (SSSR count). The van der Waals surface area contributed by atoms with Gasteiger partial charge in [-0.15, -0.1) is 22.9 Å². The number of aliphatic hydroxyl groups is 1. The Balaban J connectivity index is 2.48. The monoisotopic (exact) mass is 234 g/mol. The fourth-order valence-electron chi connectivity index (χ4n) is 1.16. The number of aromatic nitrogens is 1. The van der Waals surface area contributed by atoms with Crippen LogP contribution in [0.5, 0.6) is 0 Å². The maximum atomic E-state index is 8.82. The third kappa shape index (κ3) is 3.53. The van der Waals surface area contributed by atoms with Crippen molar-refractivity contribution in [1.29, 1.82) is 0 Å². The van der Waals surface area contributed by atoms with Crippen molar-refractivity contribution in [1.82, 2.24) is 9.88 Å². The number of aliphatic hydroxyl groups excluding tert-OH is 1. The second kappa shape index (κ2) is 6.35. The number of alkyl halides is 1. The van der Waals surface area contributed by atoms with E-state index in [1.165, 1.54) is 0 Å². The molecule has 1 N–H and O–H groups in total. The number of halogens is 1. The quantitative estimate of drug-likeness (QED) is 0.762. The average molecular weight is 235 g/mol. The highest BCUT2D eigenvalue weighted by molar-refractivity contribution is 7.09. The van der Waals surface area contributed by atoms with E-state index in [0.717, 1.165) is 23.8 Å². The Morgan fingerprint density at radius 2 is 2.43 bits per heavy atom. The zero-order valence-electron chi connectivity index (χ0n) is 8.24. The molecule has 0 aliphatic heterocycles. The molecule has 0 radical (unpaired) electrons. The molecule has 14 heavy (non-hydrogen) atoms. The number of rotatable bonds is 6. The van der Waals surface area contributed by atoms with Gasteiger partial charge in [0.25, 0.3) is 0 Å². The van der Waals surface area contributed by atoms with E-state index < -0.39 is 0 Å². The zero-order chi connectivity index (χ0) is 10.4. The van der Waals surface area contributed by atoms with Crippen molar-refractivity contribution < 1.29 is 5.11 Å². The number of nitrogens with zero attached hydrogens (tertiary/aromatic N) is 2. The summed E-state index contributed by atoms with van der Waals surface area (Å²) in [6.45, 7) is 4.70. The largest absolute Gasteiger partial charge is 0.395 e. The number of hydrogen-bond acceptors (Lipinski definition) is 4. The van der Waals surface area contributed by atoms with E-state index in [1.807, 2.05) is 5.38 Å². The Morgan fingerprint density at radius 3 is 2.93 bits per heavy atom. The third-order valence-corrected chi connectivity index (χ3v) is 3.11. The summed E-state index contributed by atoms with van der Waals surface area (Å²) in [5.41, 5.74) is 0.937. The molecule has 0 fully saturated rings. The predicted octanol–water partition coefficient (Wildman–Crippen LogP) is 1.70. The molecule has 0 aliphatic rings. The Labute approximate surface area is 93.3 Å². The van der Waals surface area contributed by atoms with Crippen molar-refractivity contribution in [2.75, 3.05) is 19.7 Å². The molecule has 0 bridgehead atoms. The maximum Gasteiger partial charge on any atom is 0.107 e. The average Bonchev–Trinajstić information content (AvgIpc) is 2.65. The second-order valence-corrected chi connectivity index (χ2v) is 4.17. The van der Waals surface area contributed by atoms with E-state index in [9.17, 15) is 0 Å². The summed E-state index contributed by atoms with van der Waals surface area (Å²) in [6, 6.07) is 0. The molecule has 5 heteroatoms. The van der Waals surface area contributed by atoms with Crippen molar-refractivity contribution in [3.05, 3.63) is 16.1 Å². The molecule has 0 amide bonds. The predicted molar refractivity (Wildman–Crippen MR) is 59.7 cm³/mol. The smallest absolute Gasteiger partial charge is 0.107 e. The third-order valence-electron chi connectivity index (χ3n) is 1.96. The summed E-state index contributed by atoms with van der Waals surface area (Å²) < 4.78 is 0. The molecule has 0 saturated carbocycles. The zero-order valence-corrected chi connectivity index (χ0v) is 9.81. The Kier molecular flexibility index (Phi) is 5.40. The summed E-state index contributed by atoms with van der Waals surface area (Å²) in [7, 11) is 0. The fourth-order valence-corrected chi connectivity index (χ4v) is 2.23. The van der Waals surface area contributed by atoms with Crippen molar-refractivity contribution in [3.8, 4) is 0 Å². The van der Waals surface area contributed by atoms with Gasteiger partial charge in [0.2, 0.25) is 0 Å². The normalized spacial score (nSPS) is 11.1. The summed E-state index contributed by atoms with van der Waals surface area (Å²) in [5, 5.41) is 11.9. The van der Waals surface area contributed by atoms with E-state index >= 15 is 0 Å².